The van der Waals surface area contributed by atoms with Gasteiger partial charge in [-0.2, -0.15) is 13.2 Å². The van der Waals surface area contributed by atoms with E-state index in [1.165, 1.54) is 12.1 Å². The molecule has 0 spiro atoms. The van der Waals surface area contributed by atoms with Gasteiger partial charge in [-0.15, -0.1) is 0 Å². The van der Waals surface area contributed by atoms with E-state index >= 15 is 0 Å². The number of halogens is 4. The predicted octanol–water partition coefficient (Wildman–Crippen LogP) is 3.91. The smallest absolute Gasteiger partial charge is 0.310 e. The fourth-order valence-corrected chi connectivity index (χ4v) is 1.76. The van der Waals surface area contributed by atoms with E-state index in [0.29, 0.717) is 13.0 Å². The molecule has 1 aromatic rings. The van der Waals surface area contributed by atoms with Crippen LogP contribution in [-0.2, 0) is 6.18 Å². The van der Waals surface area contributed by atoms with Gasteiger partial charge in [0.1, 0.15) is 5.82 Å². The van der Waals surface area contributed by atoms with Crippen LogP contribution in [0.4, 0.5) is 17.6 Å². The predicted molar refractivity (Wildman–Crippen MR) is 58.1 cm³/mol. The third-order valence-corrected chi connectivity index (χ3v) is 2.57. The van der Waals surface area contributed by atoms with E-state index in [4.69, 9.17) is 0 Å². The van der Waals surface area contributed by atoms with Crippen LogP contribution in [0, 0.1) is 5.82 Å². The lowest BCUT2D eigenvalue weighted by atomic mass is 10.0. The van der Waals surface area contributed by atoms with Gasteiger partial charge in [-0.1, -0.05) is 26.0 Å². The molecule has 1 N–H and O–H groups in total. The normalized spacial score (nSPS) is 13.8. The zero-order valence-corrected chi connectivity index (χ0v) is 9.74. The fraction of sp³-hybridized carbons (Fsp3) is 0.500. The van der Waals surface area contributed by atoms with E-state index in [1.54, 1.807) is 6.92 Å². The van der Waals surface area contributed by atoms with Crippen molar-refractivity contribution in [2.75, 3.05) is 6.54 Å². The van der Waals surface area contributed by atoms with Gasteiger partial charge < -0.3 is 5.32 Å². The van der Waals surface area contributed by atoms with E-state index in [0.717, 1.165) is 6.07 Å². The van der Waals surface area contributed by atoms with Crippen molar-refractivity contribution < 1.29 is 17.6 Å². The molecule has 0 saturated heterocycles. The minimum Gasteiger partial charge on any atom is -0.310 e. The molecule has 0 saturated carbocycles. The van der Waals surface area contributed by atoms with Crippen molar-refractivity contribution in [1.82, 2.24) is 5.32 Å². The monoisotopic (exact) mass is 249 g/mol. The second kappa shape index (κ2) is 5.49. The Morgan fingerprint density at radius 3 is 2.35 bits per heavy atom. The van der Waals surface area contributed by atoms with Crippen molar-refractivity contribution in [2.24, 2.45) is 0 Å². The number of nitrogens with one attached hydrogen (secondary N) is 1. The molecular weight excluding hydrogens is 234 g/mol. The minimum atomic E-state index is -4.65. The van der Waals surface area contributed by atoms with Crippen LogP contribution >= 0.6 is 0 Å². The molecule has 1 nitrogen and oxygen atoms in total. The summed E-state index contributed by atoms with van der Waals surface area (Å²) in [5.41, 5.74) is -1.13. The number of benzene rings is 1. The van der Waals surface area contributed by atoms with Crippen LogP contribution < -0.4 is 5.32 Å². The third-order valence-electron chi connectivity index (χ3n) is 2.57. The molecule has 1 aromatic carbocycles. The topological polar surface area (TPSA) is 12.0 Å². The van der Waals surface area contributed by atoms with Crippen LogP contribution in [0.2, 0.25) is 0 Å². The van der Waals surface area contributed by atoms with Gasteiger partial charge in [0.05, 0.1) is 5.56 Å². The second-order valence-electron chi connectivity index (χ2n) is 3.73. The summed E-state index contributed by atoms with van der Waals surface area (Å²) in [5, 5.41) is 2.96. The van der Waals surface area contributed by atoms with Gasteiger partial charge in [0, 0.05) is 11.6 Å². The molecule has 0 amide bonds. The van der Waals surface area contributed by atoms with Crippen molar-refractivity contribution in [3.05, 3.63) is 35.1 Å². The Balaban J connectivity index is 3.17. The molecule has 0 radical (unpaired) electrons. The molecule has 0 aliphatic rings. The Morgan fingerprint density at radius 2 is 1.88 bits per heavy atom. The first-order valence-corrected chi connectivity index (χ1v) is 5.50. The van der Waals surface area contributed by atoms with Gasteiger partial charge in [-0.05, 0) is 19.0 Å². The Morgan fingerprint density at radius 1 is 1.24 bits per heavy atom. The number of hydrogen-bond donors (Lipinski definition) is 1. The summed E-state index contributed by atoms with van der Waals surface area (Å²) in [7, 11) is 0. The van der Waals surface area contributed by atoms with Gasteiger partial charge in [-0.25, -0.2) is 4.39 Å². The summed E-state index contributed by atoms with van der Waals surface area (Å²) in [6, 6.07) is 3.00. The molecule has 0 heterocycles. The molecule has 1 atom stereocenters. The Kier molecular flexibility index (Phi) is 4.51. The molecule has 0 aromatic heterocycles. The lowest BCUT2D eigenvalue weighted by Gasteiger charge is -2.19. The largest absolute Gasteiger partial charge is 0.419 e. The van der Waals surface area contributed by atoms with Crippen LogP contribution in [0.15, 0.2) is 18.2 Å². The summed E-state index contributed by atoms with van der Waals surface area (Å²) in [6.45, 7) is 4.20. The average Bonchev–Trinajstić information content (AvgIpc) is 2.25. The average molecular weight is 249 g/mol. The highest BCUT2D eigenvalue weighted by atomic mass is 19.4. The number of hydrogen-bond acceptors (Lipinski definition) is 1. The molecule has 1 rings (SSSR count). The second-order valence-corrected chi connectivity index (χ2v) is 3.73. The first kappa shape index (κ1) is 14.0. The number of alkyl halides is 3. The maximum absolute atomic E-state index is 13.8. The van der Waals surface area contributed by atoms with Crippen molar-refractivity contribution in [1.29, 1.82) is 0 Å². The zero-order chi connectivity index (χ0) is 13.1. The summed E-state index contributed by atoms with van der Waals surface area (Å²) in [5.74, 6) is -1.17. The summed E-state index contributed by atoms with van der Waals surface area (Å²) in [6.07, 6.45) is -4.11. The van der Waals surface area contributed by atoms with Crippen LogP contribution in [-0.4, -0.2) is 6.54 Å². The maximum atomic E-state index is 13.8. The van der Waals surface area contributed by atoms with Crippen molar-refractivity contribution in [3.63, 3.8) is 0 Å². The van der Waals surface area contributed by atoms with Crippen LogP contribution in [0.3, 0.4) is 0 Å². The van der Waals surface area contributed by atoms with Gasteiger partial charge in [-0.3, -0.25) is 0 Å². The Bertz CT molecular complexity index is 373. The standard InChI is InChI=1S/C12H15F4N/c1-3-10(17-4-2)8-6-5-7-9(11(8)13)12(14,15)16/h5-7,10,17H,3-4H2,1-2H3. The summed E-state index contributed by atoms with van der Waals surface area (Å²) >= 11 is 0. The third kappa shape index (κ3) is 3.19. The van der Waals surface area contributed by atoms with Gasteiger partial charge in [0.25, 0.3) is 0 Å². The molecular formula is C12H15F4N. The lowest BCUT2D eigenvalue weighted by molar-refractivity contribution is -0.140. The van der Waals surface area contributed by atoms with E-state index < -0.39 is 17.6 Å². The molecule has 17 heavy (non-hydrogen) atoms. The Labute approximate surface area is 97.8 Å². The first-order chi connectivity index (χ1) is 7.91. The maximum Gasteiger partial charge on any atom is 0.419 e. The van der Waals surface area contributed by atoms with Crippen molar-refractivity contribution in [3.8, 4) is 0 Å². The van der Waals surface area contributed by atoms with Crippen molar-refractivity contribution in [2.45, 2.75) is 32.5 Å². The zero-order valence-electron chi connectivity index (χ0n) is 9.74. The summed E-state index contributed by atoms with van der Waals surface area (Å²) in [4.78, 5) is 0. The van der Waals surface area contributed by atoms with E-state index in [9.17, 15) is 17.6 Å². The summed E-state index contributed by atoms with van der Waals surface area (Å²) < 4.78 is 51.3. The molecule has 96 valence electrons. The van der Waals surface area contributed by atoms with Gasteiger partial charge in [0.15, 0.2) is 0 Å². The highest BCUT2D eigenvalue weighted by Crippen LogP contribution is 2.34. The molecule has 0 aliphatic carbocycles. The minimum absolute atomic E-state index is 0.0733. The van der Waals surface area contributed by atoms with Crippen molar-refractivity contribution >= 4 is 0 Å². The van der Waals surface area contributed by atoms with Crippen LogP contribution in [0.25, 0.3) is 0 Å². The molecule has 5 heteroatoms. The van der Waals surface area contributed by atoms with Crippen LogP contribution in [0.1, 0.15) is 37.4 Å². The molecule has 1 unspecified atom stereocenters. The molecule has 0 fully saturated rings. The highest BCUT2D eigenvalue weighted by molar-refractivity contribution is 5.30. The van der Waals surface area contributed by atoms with E-state index in [2.05, 4.69) is 5.32 Å². The first-order valence-electron chi connectivity index (χ1n) is 5.50. The Hall–Kier alpha value is -1.10. The highest BCUT2D eigenvalue weighted by Gasteiger charge is 2.35. The molecule has 0 bridgehead atoms. The number of rotatable bonds is 4. The SMILES string of the molecule is CCNC(CC)c1cccc(C(F)(F)F)c1F. The van der Waals surface area contributed by atoms with E-state index in [1.807, 2.05) is 6.92 Å². The fourth-order valence-electron chi connectivity index (χ4n) is 1.76. The quantitative estimate of drug-likeness (QED) is 0.798. The van der Waals surface area contributed by atoms with Gasteiger partial charge >= 0.3 is 6.18 Å². The van der Waals surface area contributed by atoms with E-state index in [-0.39, 0.29) is 11.6 Å². The molecule has 0 aliphatic heterocycles. The lowest BCUT2D eigenvalue weighted by Crippen LogP contribution is -2.22. The van der Waals surface area contributed by atoms with Gasteiger partial charge in [0.2, 0.25) is 0 Å². The van der Waals surface area contributed by atoms with Crippen LogP contribution in [0.5, 0.6) is 0 Å².